The van der Waals surface area contributed by atoms with Gasteiger partial charge in [-0.05, 0) is 38.2 Å². The third-order valence-electron chi connectivity index (χ3n) is 3.06. The normalized spacial score (nSPS) is 14.9. The summed E-state index contributed by atoms with van der Waals surface area (Å²) in [4.78, 5) is 0. The van der Waals surface area contributed by atoms with Gasteiger partial charge in [-0.1, -0.05) is 43.9 Å². The van der Waals surface area contributed by atoms with Gasteiger partial charge in [0.05, 0.1) is 0 Å². The molecule has 0 saturated carbocycles. The molecule has 0 rings (SSSR count). The summed E-state index contributed by atoms with van der Waals surface area (Å²) in [7, 11) is 0. The van der Waals surface area contributed by atoms with Crippen LogP contribution in [0.5, 0.6) is 0 Å². The van der Waals surface area contributed by atoms with Gasteiger partial charge in [-0.3, -0.25) is 0 Å². The van der Waals surface area contributed by atoms with Crippen molar-refractivity contribution in [3.8, 4) is 0 Å². The molecule has 0 heterocycles. The van der Waals surface area contributed by atoms with Gasteiger partial charge in [0, 0.05) is 18.0 Å². The molecular weight excluding hydrogens is 238 g/mol. The second kappa shape index (κ2) is 11.2. The molecular formula is C16H27NS. The van der Waals surface area contributed by atoms with Gasteiger partial charge >= 0.3 is 0 Å². The Balaban J connectivity index is 4.39. The molecule has 0 saturated heterocycles. The molecule has 0 aromatic heterocycles. The smallest absolute Gasteiger partial charge is 0.0149 e. The van der Waals surface area contributed by atoms with E-state index in [1.54, 1.807) is 0 Å². The predicted octanol–water partition coefficient (Wildman–Crippen LogP) is 4.51. The molecule has 1 N–H and O–H groups in total. The highest BCUT2D eigenvalue weighted by atomic mass is 32.1. The van der Waals surface area contributed by atoms with Gasteiger partial charge in [0.15, 0.2) is 0 Å². The minimum absolute atomic E-state index is 0.573. The van der Waals surface area contributed by atoms with Crippen LogP contribution in [0.15, 0.2) is 48.2 Å². The molecule has 0 bridgehead atoms. The van der Waals surface area contributed by atoms with Crippen molar-refractivity contribution in [3.63, 3.8) is 0 Å². The summed E-state index contributed by atoms with van der Waals surface area (Å²) in [6.07, 6.45) is 12.6. The minimum Gasteiger partial charge on any atom is -0.389 e. The third kappa shape index (κ3) is 7.44. The fourth-order valence-electron chi connectivity index (χ4n) is 1.76. The average molecular weight is 265 g/mol. The van der Waals surface area contributed by atoms with Gasteiger partial charge in [0.1, 0.15) is 0 Å². The molecule has 0 fully saturated rings. The van der Waals surface area contributed by atoms with Crippen LogP contribution in [-0.2, 0) is 0 Å². The molecule has 0 aromatic carbocycles. The molecule has 1 atom stereocenters. The predicted molar refractivity (Wildman–Crippen MR) is 87.1 cm³/mol. The molecule has 0 aromatic rings. The van der Waals surface area contributed by atoms with E-state index < -0.39 is 0 Å². The van der Waals surface area contributed by atoms with Crippen LogP contribution in [0.3, 0.4) is 0 Å². The van der Waals surface area contributed by atoms with Gasteiger partial charge in [-0.2, -0.15) is 12.6 Å². The maximum atomic E-state index is 4.16. The zero-order chi connectivity index (χ0) is 13.8. The number of hydrogen-bond acceptors (Lipinski definition) is 2. The molecule has 0 radical (unpaired) electrons. The van der Waals surface area contributed by atoms with Crippen LogP contribution in [-0.4, -0.2) is 12.3 Å². The summed E-state index contributed by atoms with van der Waals surface area (Å²) < 4.78 is 0. The maximum absolute atomic E-state index is 4.16. The summed E-state index contributed by atoms with van der Waals surface area (Å²) in [5.74, 6) is 1.35. The number of thiol groups is 1. The standard InChI is InChI=1S/C16H27NS/c1-5-14(4)17-12-11-16(7-3)15(6-2)10-8-9-13-18/h5-6,8-10,16-18H,2,7,11-13H2,1,3-4H3/b9-8-,14-5+,15-10+. The second-order valence-corrected chi connectivity index (χ2v) is 4.64. The van der Waals surface area contributed by atoms with Crippen LogP contribution in [0.4, 0.5) is 0 Å². The Hall–Kier alpha value is -0.890. The summed E-state index contributed by atoms with van der Waals surface area (Å²) in [6, 6.07) is 0. The molecule has 1 nitrogen and oxygen atoms in total. The highest BCUT2D eigenvalue weighted by Gasteiger charge is 2.08. The van der Waals surface area contributed by atoms with E-state index in [1.807, 2.05) is 12.2 Å². The van der Waals surface area contributed by atoms with Crippen LogP contribution in [0.2, 0.25) is 0 Å². The van der Waals surface area contributed by atoms with Gasteiger partial charge in [-0.15, -0.1) is 0 Å². The molecule has 1 unspecified atom stereocenters. The van der Waals surface area contributed by atoms with E-state index in [1.165, 1.54) is 11.3 Å². The van der Waals surface area contributed by atoms with Crippen molar-refractivity contribution in [1.82, 2.24) is 5.32 Å². The largest absolute Gasteiger partial charge is 0.389 e. The fraction of sp³-hybridized carbons (Fsp3) is 0.500. The summed E-state index contributed by atoms with van der Waals surface area (Å²) in [6.45, 7) is 11.3. The molecule has 0 amide bonds. The Bertz CT molecular complexity index is 313. The Labute approximate surface area is 118 Å². The van der Waals surface area contributed by atoms with Crippen molar-refractivity contribution >= 4 is 12.6 Å². The Morgan fingerprint density at radius 2 is 2.17 bits per heavy atom. The molecule has 0 aliphatic carbocycles. The minimum atomic E-state index is 0.573. The number of nitrogens with one attached hydrogen (secondary N) is 1. The summed E-state index contributed by atoms with van der Waals surface area (Å²) >= 11 is 4.16. The van der Waals surface area contributed by atoms with Crippen molar-refractivity contribution in [2.45, 2.75) is 33.6 Å². The SMILES string of the molecule is C=C/C(=C\C=C/CS)C(CC)CCN/C(C)=C/C. The van der Waals surface area contributed by atoms with Crippen LogP contribution in [0.25, 0.3) is 0 Å². The van der Waals surface area contributed by atoms with E-state index in [-0.39, 0.29) is 0 Å². The van der Waals surface area contributed by atoms with E-state index >= 15 is 0 Å². The second-order valence-electron chi connectivity index (χ2n) is 4.27. The lowest BCUT2D eigenvalue weighted by Gasteiger charge is -2.17. The van der Waals surface area contributed by atoms with E-state index in [0.29, 0.717) is 5.92 Å². The van der Waals surface area contributed by atoms with Crippen molar-refractivity contribution < 1.29 is 0 Å². The fourth-order valence-corrected chi connectivity index (χ4v) is 1.88. The van der Waals surface area contributed by atoms with Crippen LogP contribution < -0.4 is 5.32 Å². The zero-order valence-electron chi connectivity index (χ0n) is 11.9. The van der Waals surface area contributed by atoms with E-state index in [9.17, 15) is 0 Å². The Morgan fingerprint density at radius 3 is 2.67 bits per heavy atom. The van der Waals surface area contributed by atoms with Gasteiger partial charge < -0.3 is 5.32 Å². The van der Waals surface area contributed by atoms with Crippen molar-refractivity contribution in [3.05, 3.63) is 48.2 Å². The van der Waals surface area contributed by atoms with Crippen molar-refractivity contribution in [1.29, 1.82) is 0 Å². The van der Waals surface area contributed by atoms with Gasteiger partial charge in [0.2, 0.25) is 0 Å². The van der Waals surface area contributed by atoms with Crippen LogP contribution >= 0.6 is 12.6 Å². The number of hydrogen-bond donors (Lipinski definition) is 2. The summed E-state index contributed by atoms with van der Waals surface area (Å²) in [5, 5.41) is 3.41. The summed E-state index contributed by atoms with van der Waals surface area (Å²) in [5.41, 5.74) is 2.56. The molecule has 2 heteroatoms. The van der Waals surface area contributed by atoms with Crippen LogP contribution in [0, 0.1) is 5.92 Å². The van der Waals surface area contributed by atoms with Crippen molar-refractivity contribution in [2.24, 2.45) is 5.92 Å². The van der Waals surface area contributed by atoms with E-state index in [4.69, 9.17) is 0 Å². The highest BCUT2D eigenvalue weighted by Crippen LogP contribution is 2.20. The topological polar surface area (TPSA) is 12.0 Å². The lowest BCUT2D eigenvalue weighted by molar-refractivity contribution is 0.535. The lowest BCUT2D eigenvalue weighted by Crippen LogP contribution is -2.16. The quantitative estimate of drug-likeness (QED) is 0.461. The highest BCUT2D eigenvalue weighted by molar-refractivity contribution is 7.80. The van der Waals surface area contributed by atoms with Gasteiger partial charge in [0.25, 0.3) is 0 Å². The number of allylic oxidation sites excluding steroid dienone is 6. The van der Waals surface area contributed by atoms with Gasteiger partial charge in [-0.25, -0.2) is 0 Å². The molecule has 18 heavy (non-hydrogen) atoms. The Morgan fingerprint density at radius 1 is 1.44 bits per heavy atom. The molecule has 0 aliphatic heterocycles. The Kier molecular flexibility index (Phi) is 10.7. The lowest BCUT2D eigenvalue weighted by atomic mass is 9.92. The average Bonchev–Trinajstić information content (AvgIpc) is 2.40. The first kappa shape index (κ1) is 17.1. The molecule has 0 aliphatic rings. The number of rotatable bonds is 9. The maximum Gasteiger partial charge on any atom is 0.0149 e. The molecule has 0 spiro atoms. The van der Waals surface area contributed by atoms with Crippen molar-refractivity contribution in [2.75, 3.05) is 12.3 Å². The molecule has 102 valence electrons. The first-order valence-corrected chi connectivity index (χ1v) is 7.29. The van der Waals surface area contributed by atoms with E-state index in [0.717, 1.165) is 25.1 Å². The van der Waals surface area contributed by atoms with E-state index in [2.05, 4.69) is 63.5 Å². The monoisotopic (exact) mass is 265 g/mol. The first-order chi connectivity index (χ1) is 8.69. The van der Waals surface area contributed by atoms with Crippen LogP contribution in [0.1, 0.15) is 33.6 Å². The zero-order valence-corrected chi connectivity index (χ0v) is 12.8. The first-order valence-electron chi connectivity index (χ1n) is 6.66. The third-order valence-corrected chi connectivity index (χ3v) is 3.27.